The van der Waals surface area contributed by atoms with Crippen molar-refractivity contribution in [2.24, 2.45) is 7.05 Å². The molecular weight excluding hydrogens is 306 g/mol. The molecule has 0 fully saturated rings. The molecule has 1 amide bonds. The van der Waals surface area contributed by atoms with Crippen LogP contribution in [0.15, 0.2) is 35.0 Å². The van der Waals surface area contributed by atoms with Crippen LogP contribution in [-0.4, -0.2) is 25.8 Å². The van der Waals surface area contributed by atoms with Gasteiger partial charge in [-0.05, 0) is 19.4 Å². The van der Waals surface area contributed by atoms with Crippen LogP contribution in [0.4, 0.5) is 5.69 Å². The van der Waals surface area contributed by atoms with Crippen molar-refractivity contribution >= 4 is 11.6 Å². The number of amides is 1. The molecule has 124 valence electrons. The third-order valence-corrected chi connectivity index (χ3v) is 3.71. The molecule has 2 aromatic heterocycles. The van der Waals surface area contributed by atoms with Crippen LogP contribution in [0.1, 0.15) is 23.6 Å². The van der Waals surface area contributed by atoms with Crippen LogP contribution in [0.3, 0.4) is 0 Å². The highest BCUT2D eigenvalue weighted by Gasteiger charge is 2.13. The van der Waals surface area contributed by atoms with Gasteiger partial charge >= 0.3 is 0 Å². The first-order valence-corrected chi connectivity index (χ1v) is 7.71. The first-order chi connectivity index (χ1) is 11.5. The minimum atomic E-state index is -0.109. The van der Waals surface area contributed by atoms with Gasteiger partial charge in [-0.25, -0.2) is 0 Å². The van der Waals surface area contributed by atoms with E-state index >= 15 is 0 Å². The Morgan fingerprint density at radius 2 is 2.08 bits per heavy atom. The van der Waals surface area contributed by atoms with Crippen molar-refractivity contribution in [2.45, 2.75) is 26.7 Å². The standard InChI is InChI=1S/C17H19N5O2/c1-11-6-4-5-7-13(11)17-19-16(24-21-17)9-8-15(23)18-14-10-22(3)20-12(14)2/h4-7,10H,8-9H2,1-3H3,(H,18,23). The summed E-state index contributed by atoms with van der Waals surface area (Å²) in [6.45, 7) is 3.84. The van der Waals surface area contributed by atoms with E-state index in [1.54, 1.807) is 10.9 Å². The fraction of sp³-hybridized carbons (Fsp3) is 0.294. The Hall–Kier alpha value is -2.96. The van der Waals surface area contributed by atoms with E-state index < -0.39 is 0 Å². The smallest absolute Gasteiger partial charge is 0.227 e. The van der Waals surface area contributed by atoms with Gasteiger partial charge in [-0.3, -0.25) is 9.48 Å². The van der Waals surface area contributed by atoms with E-state index in [2.05, 4.69) is 20.6 Å². The number of aromatic nitrogens is 4. The highest BCUT2D eigenvalue weighted by atomic mass is 16.5. The molecule has 0 bridgehead atoms. The molecule has 7 heteroatoms. The molecule has 0 aliphatic rings. The van der Waals surface area contributed by atoms with Gasteiger partial charge in [-0.1, -0.05) is 29.4 Å². The van der Waals surface area contributed by atoms with Gasteiger partial charge in [0.1, 0.15) is 0 Å². The monoisotopic (exact) mass is 325 g/mol. The number of carbonyl (C=O) groups is 1. The molecule has 0 aliphatic heterocycles. The average Bonchev–Trinajstić information content (AvgIpc) is 3.13. The second kappa shape index (κ2) is 6.66. The normalized spacial score (nSPS) is 10.8. The zero-order chi connectivity index (χ0) is 17.1. The lowest BCUT2D eigenvalue weighted by atomic mass is 10.1. The fourth-order valence-corrected chi connectivity index (χ4v) is 2.45. The SMILES string of the molecule is Cc1ccccc1-c1noc(CCC(=O)Nc2cn(C)nc2C)n1. The lowest BCUT2D eigenvalue weighted by Gasteiger charge is -2.01. The van der Waals surface area contributed by atoms with E-state index in [9.17, 15) is 4.79 Å². The summed E-state index contributed by atoms with van der Waals surface area (Å²) in [5, 5.41) is 11.0. The number of carbonyl (C=O) groups excluding carboxylic acids is 1. The summed E-state index contributed by atoms with van der Waals surface area (Å²) in [6, 6.07) is 7.84. The highest BCUT2D eigenvalue weighted by molar-refractivity contribution is 5.91. The zero-order valence-electron chi connectivity index (χ0n) is 13.9. The number of nitrogens with one attached hydrogen (secondary N) is 1. The zero-order valence-corrected chi connectivity index (χ0v) is 13.9. The van der Waals surface area contributed by atoms with Crippen molar-refractivity contribution in [1.29, 1.82) is 0 Å². The molecule has 1 aromatic carbocycles. The van der Waals surface area contributed by atoms with Gasteiger partial charge < -0.3 is 9.84 Å². The Labute approximate surface area is 139 Å². The largest absolute Gasteiger partial charge is 0.339 e. The molecule has 0 atom stereocenters. The lowest BCUT2D eigenvalue weighted by molar-refractivity contribution is -0.116. The lowest BCUT2D eigenvalue weighted by Crippen LogP contribution is -2.12. The molecule has 0 saturated heterocycles. The molecule has 0 saturated carbocycles. The minimum Gasteiger partial charge on any atom is -0.339 e. The summed E-state index contributed by atoms with van der Waals surface area (Å²) < 4.78 is 6.91. The van der Waals surface area contributed by atoms with Crippen LogP contribution in [0.25, 0.3) is 11.4 Å². The number of nitrogens with zero attached hydrogens (tertiary/aromatic N) is 4. The van der Waals surface area contributed by atoms with Gasteiger partial charge in [0, 0.05) is 31.6 Å². The maximum absolute atomic E-state index is 12.0. The predicted octanol–water partition coefficient (Wildman–Crippen LogP) is 2.66. The van der Waals surface area contributed by atoms with E-state index in [4.69, 9.17) is 4.52 Å². The second-order valence-electron chi connectivity index (χ2n) is 5.68. The van der Waals surface area contributed by atoms with Gasteiger partial charge in [-0.2, -0.15) is 10.1 Å². The number of benzene rings is 1. The van der Waals surface area contributed by atoms with Crippen molar-refractivity contribution in [3.8, 4) is 11.4 Å². The molecule has 0 aliphatic carbocycles. The number of anilines is 1. The summed E-state index contributed by atoms with van der Waals surface area (Å²) in [5.41, 5.74) is 3.51. The van der Waals surface area contributed by atoms with Crippen molar-refractivity contribution in [3.63, 3.8) is 0 Å². The summed E-state index contributed by atoms with van der Waals surface area (Å²) in [6.07, 6.45) is 2.43. The van der Waals surface area contributed by atoms with E-state index in [0.29, 0.717) is 23.8 Å². The molecule has 3 rings (SSSR count). The van der Waals surface area contributed by atoms with Crippen LogP contribution in [-0.2, 0) is 18.3 Å². The van der Waals surface area contributed by atoms with E-state index in [1.807, 2.05) is 45.2 Å². The Morgan fingerprint density at radius 3 is 2.79 bits per heavy atom. The molecule has 3 aromatic rings. The van der Waals surface area contributed by atoms with Crippen LogP contribution in [0.2, 0.25) is 0 Å². The molecule has 24 heavy (non-hydrogen) atoms. The van der Waals surface area contributed by atoms with Crippen molar-refractivity contribution < 1.29 is 9.32 Å². The molecule has 0 unspecified atom stereocenters. The van der Waals surface area contributed by atoms with Crippen LogP contribution >= 0.6 is 0 Å². The quantitative estimate of drug-likeness (QED) is 0.779. The fourth-order valence-electron chi connectivity index (χ4n) is 2.45. The van der Waals surface area contributed by atoms with Gasteiger partial charge in [0.2, 0.25) is 17.6 Å². The molecular formula is C17H19N5O2. The van der Waals surface area contributed by atoms with E-state index in [0.717, 1.165) is 16.8 Å². The van der Waals surface area contributed by atoms with Crippen LogP contribution in [0.5, 0.6) is 0 Å². The Bertz CT molecular complexity index is 866. The third-order valence-electron chi connectivity index (χ3n) is 3.71. The molecule has 0 spiro atoms. The molecule has 7 nitrogen and oxygen atoms in total. The van der Waals surface area contributed by atoms with Crippen molar-refractivity contribution in [3.05, 3.63) is 47.6 Å². The first kappa shape index (κ1) is 15.9. The van der Waals surface area contributed by atoms with Crippen LogP contribution in [0, 0.1) is 13.8 Å². The van der Waals surface area contributed by atoms with Crippen LogP contribution < -0.4 is 5.32 Å². The highest BCUT2D eigenvalue weighted by Crippen LogP contribution is 2.20. The number of aryl methyl sites for hydroxylation is 4. The van der Waals surface area contributed by atoms with Gasteiger partial charge in [0.05, 0.1) is 11.4 Å². The molecule has 2 heterocycles. The maximum atomic E-state index is 12.0. The number of rotatable bonds is 5. The summed E-state index contributed by atoms with van der Waals surface area (Å²) in [4.78, 5) is 16.4. The average molecular weight is 325 g/mol. The molecule has 1 N–H and O–H groups in total. The summed E-state index contributed by atoms with van der Waals surface area (Å²) in [7, 11) is 1.81. The summed E-state index contributed by atoms with van der Waals surface area (Å²) >= 11 is 0. The predicted molar refractivity (Wildman–Crippen MR) is 89.4 cm³/mol. The Balaban J connectivity index is 1.60. The van der Waals surface area contributed by atoms with E-state index in [-0.39, 0.29) is 12.3 Å². The minimum absolute atomic E-state index is 0.109. The van der Waals surface area contributed by atoms with Gasteiger partial charge in [-0.15, -0.1) is 0 Å². The number of hydrogen-bond acceptors (Lipinski definition) is 5. The van der Waals surface area contributed by atoms with Crippen molar-refractivity contribution in [2.75, 3.05) is 5.32 Å². The third kappa shape index (κ3) is 3.51. The van der Waals surface area contributed by atoms with Crippen molar-refractivity contribution in [1.82, 2.24) is 19.9 Å². The Kier molecular flexibility index (Phi) is 4.41. The molecule has 0 radical (unpaired) electrons. The first-order valence-electron chi connectivity index (χ1n) is 7.71. The van der Waals surface area contributed by atoms with E-state index in [1.165, 1.54) is 0 Å². The summed E-state index contributed by atoms with van der Waals surface area (Å²) in [5.74, 6) is 0.889. The Morgan fingerprint density at radius 1 is 1.29 bits per heavy atom. The number of hydrogen-bond donors (Lipinski definition) is 1. The maximum Gasteiger partial charge on any atom is 0.227 e. The topological polar surface area (TPSA) is 85.8 Å². The van der Waals surface area contributed by atoms with Gasteiger partial charge in [0.15, 0.2) is 0 Å². The van der Waals surface area contributed by atoms with Gasteiger partial charge in [0.25, 0.3) is 0 Å². The second-order valence-corrected chi connectivity index (χ2v) is 5.68.